The van der Waals surface area contributed by atoms with Crippen molar-refractivity contribution in [1.82, 2.24) is 0 Å². The fraction of sp³-hybridized carbons (Fsp3) is 0.818. The van der Waals surface area contributed by atoms with Gasteiger partial charge in [0.15, 0.2) is 12.2 Å². The zero-order valence-corrected chi connectivity index (χ0v) is 11.1. The highest BCUT2D eigenvalue weighted by atomic mass is 16.4. The number of hydrogen-bond donors (Lipinski definition) is 5. The van der Waals surface area contributed by atoms with Crippen LogP contribution in [0.1, 0.15) is 34.1 Å². The Morgan fingerprint density at radius 2 is 1.33 bits per heavy atom. The number of aliphatic carboxylic acids is 2. The first-order valence-electron chi connectivity index (χ1n) is 5.46. The maximum absolute atomic E-state index is 9.77. The SMILES string of the molecule is C[C@H](N)CC(C)(C)C.O=C(O)[C@H](O)[C@@H](O)C(=O)O. The van der Waals surface area contributed by atoms with Crippen LogP contribution in [0.3, 0.4) is 0 Å². The molecule has 0 aliphatic rings. The fourth-order valence-electron chi connectivity index (χ4n) is 1.24. The predicted octanol–water partition coefficient (Wildman–Crippen LogP) is -0.353. The van der Waals surface area contributed by atoms with Crippen molar-refractivity contribution in [2.45, 2.75) is 52.4 Å². The topological polar surface area (TPSA) is 141 Å². The maximum Gasteiger partial charge on any atom is 0.335 e. The van der Waals surface area contributed by atoms with Crippen molar-refractivity contribution in [3.8, 4) is 0 Å². The highest BCUT2D eigenvalue weighted by Gasteiger charge is 2.29. The van der Waals surface area contributed by atoms with Crippen LogP contribution in [-0.4, -0.2) is 50.6 Å². The maximum atomic E-state index is 9.77. The van der Waals surface area contributed by atoms with Crippen molar-refractivity contribution in [2.24, 2.45) is 11.1 Å². The molecule has 0 aliphatic heterocycles. The number of carboxylic acid groups (broad SMARTS) is 2. The summed E-state index contributed by atoms with van der Waals surface area (Å²) in [6.07, 6.45) is -3.43. The van der Waals surface area contributed by atoms with E-state index in [-0.39, 0.29) is 0 Å². The molecular formula is C11H23NO6. The largest absolute Gasteiger partial charge is 0.479 e. The van der Waals surface area contributed by atoms with E-state index in [1.54, 1.807) is 0 Å². The van der Waals surface area contributed by atoms with E-state index in [4.69, 9.17) is 26.2 Å². The van der Waals surface area contributed by atoms with Crippen LogP contribution in [0.15, 0.2) is 0 Å². The van der Waals surface area contributed by atoms with E-state index in [0.29, 0.717) is 11.5 Å². The number of hydrogen-bond acceptors (Lipinski definition) is 5. The number of nitrogens with two attached hydrogens (primary N) is 1. The molecule has 0 aromatic rings. The second-order valence-electron chi connectivity index (χ2n) is 5.31. The lowest BCUT2D eigenvalue weighted by molar-refractivity contribution is -0.165. The lowest BCUT2D eigenvalue weighted by Crippen LogP contribution is -2.39. The Kier molecular flexibility index (Phi) is 8.54. The van der Waals surface area contributed by atoms with Crippen LogP contribution in [0.5, 0.6) is 0 Å². The highest BCUT2D eigenvalue weighted by molar-refractivity contribution is 5.83. The quantitative estimate of drug-likeness (QED) is 0.467. The van der Waals surface area contributed by atoms with E-state index in [1.807, 2.05) is 6.92 Å². The van der Waals surface area contributed by atoms with Gasteiger partial charge in [-0.3, -0.25) is 0 Å². The van der Waals surface area contributed by atoms with E-state index >= 15 is 0 Å². The molecule has 7 heteroatoms. The number of aliphatic hydroxyl groups is 2. The summed E-state index contributed by atoms with van der Waals surface area (Å²) in [6.45, 7) is 8.66. The fourth-order valence-corrected chi connectivity index (χ4v) is 1.24. The molecule has 0 rings (SSSR count). The van der Waals surface area contributed by atoms with E-state index in [0.717, 1.165) is 6.42 Å². The molecule has 0 heterocycles. The molecule has 0 unspecified atom stereocenters. The van der Waals surface area contributed by atoms with Gasteiger partial charge in [-0.1, -0.05) is 20.8 Å². The Labute approximate surface area is 106 Å². The normalized spacial score (nSPS) is 15.9. The number of aliphatic hydroxyl groups excluding tert-OH is 2. The average molecular weight is 265 g/mol. The van der Waals surface area contributed by atoms with Gasteiger partial charge in [0.1, 0.15) is 0 Å². The van der Waals surface area contributed by atoms with Gasteiger partial charge in [-0.15, -0.1) is 0 Å². The van der Waals surface area contributed by atoms with Crippen LogP contribution >= 0.6 is 0 Å². The second kappa shape index (κ2) is 8.02. The Morgan fingerprint density at radius 1 is 1.06 bits per heavy atom. The third-order valence-corrected chi connectivity index (χ3v) is 1.74. The summed E-state index contributed by atoms with van der Waals surface area (Å²) in [4.78, 5) is 19.5. The molecule has 0 aromatic heterocycles. The summed E-state index contributed by atoms with van der Waals surface area (Å²) in [6, 6.07) is 0.343. The van der Waals surface area contributed by atoms with E-state index in [9.17, 15) is 9.59 Å². The van der Waals surface area contributed by atoms with Crippen molar-refractivity contribution >= 4 is 11.9 Å². The summed E-state index contributed by atoms with van der Waals surface area (Å²) in [5.74, 6) is -3.54. The Balaban J connectivity index is 0. The van der Waals surface area contributed by atoms with Crippen LogP contribution in [0.2, 0.25) is 0 Å². The molecule has 0 aliphatic carbocycles. The number of carbonyl (C=O) groups is 2. The average Bonchev–Trinajstić information content (AvgIpc) is 2.11. The highest BCUT2D eigenvalue weighted by Crippen LogP contribution is 2.19. The van der Waals surface area contributed by atoms with Crippen LogP contribution < -0.4 is 5.73 Å². The number of rotatable bonds is 4. The predicted molar refractivity (Wildman–Crippen MR) is 65.0 cm³/mol. The monoisotopic (exact) mass is 265 g/mol. The van der Waals surface area contributed by atoms with Crippen LogP contribution in [0.4, 0.5) is 0 Å². The molecule has 0 saturated carbocycles. The van der Waals surface area contributed by atoms with Gasteiger partial charge in [0.05, 0.1) is 0 Å². The van der Waals surface area contributed by atoms with Gasteiger partial charge >= 0.3 is 11.9 Å². The minimum atomic E-state index is -2.27. The van der Waals surface area contributed by atoms with E-state index in [1.165, 1.54) is 0 Å². The van der Waals surface area contributed by atoms with Crippen molar-refractivity contribution in [2.75, 3.05) is 0 Å². The van der Waals surface area contributed by atoms with Crippen LogP contribution in [0, 0.1) is 5.41 Å². The molecule has 0 radical (unpaired) electrons. The van der Waals surface area contributed by atoms with Crippen LogP contribution in [-0.2, 0) is 9.59 Å². The van der Waals surface area contributed by atoms with Gasteiger partial charge < -0.3 is 26.2 Å². The molecule has 3 atom stereocenters. The zero-order chi connectivity index (χ0) is 15.1. The molecule has 0 spiro atoms. The molecule has 6 N–H and O–H groups in total. The summed E-state index contributed by atoms with van der Waals surface area (Å²) in [7, 11) is 0. The zero-order valence-electron chi connectivity index (χ0n) is 11.1. The van der Waals surface area contributed by atoms with E-state index in [2.05, 4.69) is 20.8 Å². The lowest BCUT2D eigenvalue weighted by Gasteiger charge is -2.19. The van der Waals surface area contributed by atoms with Gasteiger partial charge in [-0.25, -0.2) is 9.59 Å². The molecule has 0 amide bonds. The summed E-state index contributed by atoms with van der Waals surface area (Å²) >= 11 is 0. The lowest BCUT2D eigenvalue weighted by atomic mass is 9.89. The summed E-state index contributed by atoms with van der Waals surface area (Å²) < 4.78 is 0. The second-order valence-corrected chi connectivity index (χ2v) is 5.31. The van der Waals surface area contributed by atoms with Crippen molar-refractivity contribution < 1.29 is 30.0 Å². The van der Waals surface area contributed by atoms with Gasteiger partial charge in [0, 0.05) is 6.04 Å². The minimum absolute atomic E-state index is 0.343. The smallest absolute Gasteiger partial charge is 0.335 e. The first-order chi connectivity index (χ1) is 7.88. The van der Waals surface area contributed by atoms with Crippen molar-refractivity contribution in [1.29, 1.82) is 0 Å². The molecule has 0 fully saturated rings. The number of carboxylic acids is 2. The van der Waals surface area contributed by atoms with E-state index < -0.39 is 24.1 Å². The van der Waals surface area contributed by atoms with Gasteiger partial charge in [-0.2, -0.15) is 0 Å². The Hall–Kier alpha value is -1.18. The van der Waals surface area contributed by atoms with Gasteiger partial charge in [0.25, 0.3) is 0 Å². The van der Waals surface area contributed by atoms with Crippen LogP contribution in [0.25, 0.3) is 0 Å². The summed E-state index contributed by atoms with van der Waals surface area (Å²) in [5, 5.41) is 32.5. The van der Waals surface area contributed by atoms with Gasteiger partial charge in [-0.05, 0) is 18.8 Å². The first kappa shape index (κ1) is 19.2. The molecule has 7 nitrogen and oxygen atoms in total. The molecule has 18 heavy (non-hydrogen) atoms. The summed E-state index contributed by atoms with van der Waals surface area (Å²) in [5.41, 5.74) is 5.98. The molecule has 0 saturated heterocycles. The van der Waals surface area contributed by atoms with Gasteiger partial charge in [0.2, 0.25) is 0 Å². The van der Waals surface area contributed by atoms with Crippen molar-refractivity contribution in [3.05, 3.63) is 0 Å². The Bertz CT molecular complexity index is 253. The minimum Gasteiger partial charge on any atom is -0.479 e. The molecule has 108 valence electrons. The molecule has 0 aromatic carbocycles. The standard InChI is InChI=1S/C7H17N.C4H6O6/c1-6(8)5-7(2,3)4;5-1(3(7)8)2(6)4(9)10/h6H,5,8H2,1-4H3;1-2,5-6H,(H,7,8)(H,9,10)/t6-;1-,2-/m01/s1. The third kappa shape index (κ3) is 11.3. The third-order valence-electron chi connectivity index (χ3n) is 1.74. The first-order valence-corrected chi connectivity index (χ1v) is 5.46. The Morgan fingerprint density at radius 3 is 1.39 bits per heavy atom. The molecule has 0 bridgehead atoms. The van der Waals surface area contributed by atoms with Crippen molar-refractivity contribution in [3.63, 3.8) is 0 Å². The molecular weight excluding hydrogens is 242 g/mol.